The Hall–Kier alpha value is -0.830. The summed E-state index contributed by atoms with van der Waals surface area (Å²) in [7, 11) is 0. The molecule has 0 atom stereocenters. The van der Waals surface area contributed by atoms with E-state index in [1.165, 1.54) is 6.08 Å². The number of esters is 1. The van der Waals surface area contributed by atoms with E-state index in [-0.39, 0.29) is 11.5 Å². The van der Waals surface area contributed by atoms with Gasteiger partial charge in [0.15, 0.2) is 0 Å². The number of ether oxygens (including phenoxy) is 1. The summed E-state index contributed by atoms with van der Waals surface area (Å²) < 4.78 is 4.97. The predicted molar refractivity (Wildman–Crippen MR) is 58.1 cm³/mol. The Kier molecular flexibility index (Phi) is 6.21. The molecule has 0 radical (unpaired) electrons. The van der Waals surface area contributed by atoms with Crippen molar-refractivity contribution in [3.8, 4) is 0 Å². The van der Waals surface area contributed by atoms with E-state index >= 15 is 0 Å². The zero-order valence-corrected chi connectivity index (χ0v) is 9.43. The van der Waals surface area contributed by atoms with Crippen molar-refractivity contribution in [2.75, 3.05) is 13.2 Å². The highest BCUT2D eigenvalue weighted by Gasteiger charge is 2.17. The Morgan fingerprint density at radius 3 is 2.71 bits per heavy atom. The second kappa shape index (κ2) is 6.60. The van der Waals surface area contributed by atoms with Crippen LogP contribution in [0.25, 0.3) is 0 Å². The number of carbonyl (C=O) groups is 1. The summed E-state index contributed by atoms with van der Waals surface area (Å²) in [5, 5.41) is 3.33. The maximum Gasteiger partial charge on any atom is 0.330 e. The lowest BCUT2D eigenvalue weighted by molar-refractivity contribution is -0.139. The molecule has 3 nitrogen and oxygen atoms in total. The molecule has 0 amide bonds. The van der Waals surface area contributed by atoms with Gasteiger partial charge < -0.3 is 10.1 Å². The predicted octanol–water partition coefficient (Wildman–Crippen LogP) is 1.88. The Bertz CT molecular complexity index is 188. The molecule has 0 heterocycles. The molecule has 0 spiro atoms. The van der Waals surface area contributed by atoms with Crippen LogP contribution in [0.2, 0.25) is 0 Å². The zero-order valence-electron chi connectivity index (χ0n) is 9.43. The van der Waals surface area contributed by atoms with E-state index in [9.17, 15) is 4.79 Å². The third-order valence-corrected chi connectivity index (χ3v) is 1.88. The van der Waals surface area contributed by atoms with E-state index in [0.29, 0.717) is 6.61 Å². The first-order valence-electron chi connectivity index (χ1n) is 5.06. The molecule has 1 N–H and O–H groups in total. The molecule has 0 saturated carbocycles. The van der Waals surface area contributed by atoms with Crippen LogP contribution in [-0.2, 0) is 9.53 Å². The number of unbranched alkanes of at least 4 members (excludes halogenated alkanes) is 1. The largest absolute Gasteiger partial charge is 0.461 e. The molecule has 0 saturated heterocycles. The smallest absolute Gasteiger partial charge is 0.330 e. The van der Waals surface area contributed by atoms with Crippen LogP contribution in [0.1, 0.15) is 33.6 Å². The first kappa shape index (κ1) is 13.2. The molecule has 0 aliphatic heterocycles. The first-order valence-corrected chi connectivity index (χ1v) is 5.06. The van der Waals surface area contributed by atoms with E-state index in [1.54, 1.807) is 0 Å². The minimum Gasteiger partial charge on any atom is -0.461 e. The number of carbonyl (C=O) groups excluding carboxylic acids is 1. The topological polar surface area (TPSA) is 38.3 Å². The van der Waals surface area contributed by atoms with Gasteiger partial charge in [0.05, 0.1) is 0 Å². The maximum atomic E-state index is 10.8. The fourth-order valence-electron chi connectivity index (χ4n) is 0.965. The maximum absolute atomic E-state index is 10.8. The summed E-state index contributed by atoms with van der Waals surface area (Å²) in [6.07, 6.45) is 3.48. The van der Waals surface area contributed by atoms with Crippen molar-refractivity contribution in [1.29, 1.82) is 0 Å². The van der Waals surface area contributed by atoms with E-state index < -0.39 is 0 Å². The lowest BCUT2D eigenvalue weighted by Gasteiger charge is -2.25. The Morgan fingerprint density at radius 2 is 2.21 bits per heavy atom. The lowest BCUT2D eigenvalue weighted by Crippen LogP contribution is -2.44. The van der Waals surface area contributed by atoms with Gasteiger partial charge in [-0.3, -0.25) is 0 Å². The van der Waals surface area contributed by atoms with Gasteiger partial charge >= 0.3 is 5.97 Å². The van der Waals surface area contributed by atoms with Crippen LogP contribution in [0, 0.1) is 0 Å². The van der Waals surface area contributed by atoms with Gasteiger partial charge in [-0.2, -0.15) is 0 Å². The monoisotopic (exact) mass is 199 g/mol. The van der Waals surface area contributed by atoms with E-state index in [4.69, 9.17) is 4.74 Å². The summed E-state index contributed by atoms with van der Waals surface area (Å²) in [5.41, 5.74) is -0.159. The van der Waals surface area contributed by atoms with Gasteiger partial charge in [0.25, 0.3) is 0 Å². The highest BCUT2D eigenvalue weighted by molar-refractivity contribution is 5.81. The number of rotatable bonds is 7. The number of nitrogens with one attached hydrogen (secondary N) is 1. The fraction of sp³-hybridized carbons (Fsp3) is 0.727. The van der Waals surface area contributed by atoms with E-state index in [1.807, 2.05) is 13.8 Å². The third-order valence-electron chi connectivity index (χ3n) is 1.88. The van der Waals surface area contributed by atoms with Gasteiger partial charge in [0.1, 0.15) is 6.61 Å². The summed E-state index contributed by atoms with van der Waals surface area (Å²) in [4.78, 5) is 10.8. The van der Waals surface area contributed by atoms with Crippen molar-refractivity contribution < 1.29 is 9.53 Å². The van der Waals surface area contributed by atoms with Crippen molar-refractivity contribution >= 4 is 5.97 Å². The van der Waals surface area contributed by atoms with Crippen LogP contribution < -0.4 is 5.32 Å². The van der Waals surface area contributed by atoms with Crippen molar-refractivity contribution in [3.63, 3.8) is 0 Å². The van der Waals surface area contributed by atoms with Crippen LogP contribution >= 0.6 is 0 Å². The molecule has 0 aliphatic carbocycles. The quantitative estimate of drug-likeness (QED) is 0.386. The minimum atomic E-state index is -0.365. The van der Waals surface area contributed by atoms with Gasteiger partial charge in [-0.1, -0.05) is 19.9 Å². The van der Waals surface area contributed by atoms with Gasteiger partial charge in [0, 0.05) is 11.6 Å². The Morgan fingerprint density at radius 1 is 1.57 bits per heavy atom. The second-order valence-electron chi connectivity index (χ2n) is 3.98. The SMILES string of the molecule is C=CC(=O)OCC(C)(C)NCCCC. The molecule has 0 unspecified atom stereocenters. The molecule has 0 aromatic heterocycles. The normalized spacial score (nSPS) is 11.1. The molecule has 3 heteroatoms. The summed E-state index contributed by atoms with van der Waals surface area (Å²) in [6, 6.07) is 0. The fourth-order valence-corrected chi connectivity index (χ4v) is 0.965. The van der Waals surface area contributed by atoms with Crippen molar-refractivity contribution in [3.05, 3.63) is 12.7 Å². The van der Waals surface area contributed by atoms with Crippen molar-refractivity contribution in [1.82, 2.24) is 5.32 Å². The molecular formula is C11H21NO2. The molecule has 0 aliphatic rings. The van der Waals surface area contributed by atoms with Crippen LogP contribution in [-0.4, -0.2) is 24.7 Å². The number of hydrogen-bond donors (Lipinski definition) is 1. The average molecular weight is 199 g/mol. The van der Waals surface area contributed by atoms with Crippen LogP contribution in [0.15, 0.2) is 12.7 Å². The summed E-state index contributed by atoms with van der Waals surface area (Å²) in [5.74, 6) is -0.365. The molecule has 0 rings (SSSR count). The summed E-state index contributed by atoms with van der Waals surface area (Å²) in [6.45, 7) is 10.8. The minimum absolute atomic E-state index is 0.159. The molecule has 14 heavy (non-hydrogen) atoms. The molecule has 0 bridgehead atoms. The van der Waals surface area contributed by atoms with E-state index in [0.717, 1.165) is 19.4 Å². The average Bonchev–Trinajstić information content (AvgIpc) is 2.14. The van der Waals surface area contributed by atoms with Gasteiger partial charge in [0.2, 0.25) is 0 Å². The van der Waals surface area contributed by atoms with Gasteiger partial charge in [-0.15, -0.1) is 0 Å². The van der Waals surface area contributed by atoms with Gasteiger partial charge in [-0.25, -0.2) is 4.79 Å². The highest BCUT2D eigenvalue weighted by atomic mass is 16.5. The van der Waals surface area contributed by atoms with E-state index in [2.05, 4.69) is 18.8 Å². The molecule has 0 fully saturated rings. The third kappa shape index (κ3) is 6.66. The van der Waals surface area contributed by atoms with Gasteiger partial charge in [-0.05, 0) is 26.8 Å². The standard InChI is InChI=1S/C11H21NO2/c1-5-7-8-12-11(3,4)9-14-10(13)6-2/h6,12H,2,5,7-9H2,1,3-4H3. The second-order valence-corrected chi connectivity index (χ2v) is 3.98. The lowest BCUT2D eigenvalue weighted by atomic mass is 10.1. The molecule has 82 valence electrons. The van der Waals surface area contributed by atoms with Crippen LogP contribution in [0.5, 0.6) is 0 Å². The van der Waals surface area contributed by atoms with Crippen LogP contribution in [0.4, 0.5) is 0 Å². The Labute approximate surface area is 86.5 Å². The van der Waals surface area contributed by atoms with Crippen molar-refractivity contribution in [2.24, 2.45) is 0 Å². The highest BCUT2D eigenvalue weighted by Crippen LogP contribution is 2.03. The molecule has 0 aromatic carbocycles. The molecule has 0 aromatic rings. The summed E-state index contributed by atoms with van der Waals surface area (Å²) >= 11 is 0. The first-order chi connectivity index (χ1) is 6.52. The zero-order chi connectivity index (χ0) is 11.0. The van der Waals surface area contributed by atoms with Crippen LogP contribution in [0.3, 0.4) is 0 Å². The molecular weight excluding hydrogens is 178 g/mol. The Balaban J connectivity index is 3.70. The number of hydrogen-bond acceptors (Lipinski definition) is 3. The van der Waals surface area contributed by atoms with Crippen molar-refractivity contribution in [2.45, 2.75) is 39.2 Å².